The van der Waals surface area contributed by atoms with Crippen molar-refractivity contribution >= 4 is 27.9 Å². The van der Waals surface area contributed by atoms with Gasteiger partial charge in [0.15, 0.2) is 0 Å². The van der Waals surface area contributed by atoms with Gasteiger partial charge in [-0.05, 0) is 31.1 Å². The van der Waals surface area contributed by atoms with Crippen LogP contribution in [0.4, 0.5) is 0 Å². The summed E-state index contributed by atoms with van der Waals surface area (Å²) in [5.41, 5.74) is 2.98. The molecule has 2 aromatic heterocycles. The van der Waals surface area contributed by atoms with Gasteiger partial charge in [0.25, 0.3) is 0 Å². The van der Waals surface area contributed by atoms with E-state index in [0.717, 1.165) is 33.9 Å². The average molecular weight is 276 g/mol. The topological polar surface area (TPSA) is 25.8 Å². The molecule has 1 aromatic carbocycles. The van der Waals surface area contributed by atoms with Gasteiger partial charge in [-0.1, -0.05) is 50.1 Å². The van der Waals surface area contributed by atoms with E-state index in [2.05, 4.69) is 54.4 Å². The standard InChI is InChI=1S/C19H20N2/c1-2-3-4-5-6-9-17-13-12-16-11-10-15-8-7-14-20-18(15)19(16)21-17/h6-14H,2-5H2,1H3. The van der Waals surface area contributed by atoms with Crippen molar-refractivity contribution in [2.24, 2.45) is 0 Å². The summed E-state index contributed by atoms with van der Waals surface area (Å²) in [7, 11) is 0. The number of fused-ring (bicyclic) bond motifs is 3. The molecular weight excluding hydrogens is 256 g/mol. The molecule has 0 bridgehead atoms. The van der Waals surface area contributed by atoms with E-state index in [1.165, 1.54) is 19.3 Å². The molecule has 0 saturated heterocycles. The molecular formula is C19H20N2. The second-order valence-electron chi connectivity index (χ2n) is 5.35. The van der Waals surface area contributed by atoms with Crippen LogP contribution in [0, 0.1) is 0 Å². The Morgan fingerprint density at radius 1 is 0.952 bits per heavy atom. The summed E-state index contributed by atoms with van der Waals surface area (Å²) in [6.07, 6.45) is 11.1. The maximum absolute atomic E-state index is 4.77. The number of benzene rings is 1. The zero-order chi connectivity index (χ0) is 14.5. The molecule has 0 aliphatic carbocycles. The lowest BCUT2D eigenvalue weighted by atomic mass is 10.1. The summed E-state index contributed by atoms with van der Waals surface area (Å²) in [5.74, 6) is 0. The fourth-order valence-corrected chi connectivity index (χ4v) is 2.55. The first-order valence-corrected chi connectivity index (χ1v) is 7.69. The fourth-order valence-electron chi connectivity index (χ4n) is 2.55. The van der Waals surface area contributed by atoms with Crippen molar-refractivity contribution in [1.82, 2.24) is 9.97 Å². The molecule has 106 valence electrons. The van der Waals surface area contributed by atoms with E-state index in [1.54, 1.807) is 0 Å². The molecule has 0 spiro atoms. The Balaban J connectivity index is 1.93. The van der Waals surface area contributed by atoms with Crippen molar-refractivity contribution in [1.29, 1.82) is 0 Å². The molecule has 0 radical (unpaired) electrons. The molecule has 0 N–H and O–H groups in total. The molecule has 0 aliphatic rings. The molecule has 0 fully saturated rings. The summed E-state index contributed by atoms with van der Waals surface area (Å²) in [5, 5.41) is 2.28. The summed E-state index contributed by atoms with van der Waals surface area (Å²) in [4.78, 5) is 9.26. The van der Waals surface area contributed by atoms with Gasteiger partial charge in [0.1, 0.15) is 0 Å². The Kier molecular flexibility index (Phi) is 4.25. The number of pyridine rings is 2. The van der Waals surface area contributed by atoms with Crippen LogP contribution < -0.4 is 0 Å². The zero-order valence-electron chi connectivity index (χ0n) is 12.4. The van der Waals surface area contributed by atoms with E-state index < -0.39 is 0 Å². The Morgan fingerprint density at radius 2 is 1.76 bits per heavy atom. The maximum atomic E-state index is 4.77. The van der Waals surface area contributed by atoms with Crippen LogP contribution in [0.1, 0.15) is 38.3 Å². The molecule has 2 heterocycles. The maximum Gasteiger partial charge on any atom is 0.0971 e. The summed E-state index contributed by atoms with van der Waals surface area (Å²) in [6.45, 7) is 2.23. The highest BCUT2D eigenvalue weighted by atomic mass is 14.7. The van der Waals surface area contributed by atoms with Crippen molar-refractivity contribution in [3.05, 3.63) is 54.4 Å². The van der Waals surface area contributed by atoms with Crippen LogP contribution in [0.5, 0.6) is 0 Å². The third-order valence-corrected chi connectivity index (χ3v) is 3.72. The first kappa shape index (κ1) is 13.7. The van der Waals surface area contributed by atoms with Gasteiger partial charge in [-0.2, -0.15) is 0 Å². The molecule has 3 rings (SSSR count). The lowest BCUT2D eigenvalue weighted by molar-refractivity contribution is 0.730. The van der Waals surface area contributed by atoms with Gasteiger partial charge in [-0.15, -0.1) is 0 Å². The highest BCUT2D eigenvalue weighted by Crippen LogP contribution is 2.22. The third-order valence-electron chi connectivity index (χ3n) is 3.72. The SMILES string of the molecule is CCCCCC=Cc1ccc2ccc3cccnc3c2n1. The van der Waals surface area contributed by atoms with Gasteiger partial charge in [-0.3, -0.25) is 4.98 Å². The van der Waals surface area contributed by atoms with Gasteiger partial charge in [-0.25, -0.2) is 4.98 Å². The lowest BCUT2D eigenvalue weighted by Gasteiger charge is -2.03. The summed E-state index contributed by atoms with van der Waals surface area (Å²) in [6, 6.07) is 12.5. The number of hydrogen-bond acceptors (Lipinski definition) is 2. The van der Waals surface area contributed by atoms with Gasteiger partial charge >= 0.3 is 0 Å². The van der Waals surface area contributed by atoms with Crippen LogP contribution in [0.25, 0.3) is 27.9 Å². The Hall–Kier alpha value is -2.22. The van der Waals surface area contributed by atoms with Crippen LogP contribution in [-0.4, -0.2) is 9.97 Å². The van der Waals surface area contributed by atoms with Gasteiger partial charge in [0, 0.05) is 17.0 Å². The zero-order valence-corrected chi connectivity index (χ0v) is 12.4. The van der Waals surface area contributed by atoms with E-state index in [9.17, 15) is 0 Å². The number of nitrogens with zero attached hydrogens (tertiary/aromatic N) is 2. The molecule has 0 saturated carbocycles. The molecule has 0 unspecified atom stereocenters. The minimum Gasteiger partial charge on any atom is -0.254 e. The molecule has 0 aliphatic heterocycles. The van der Waals surface area contributed by atoms with Crippen molar-refractivity contribution in [3.8, 4) is 0 Å². The molecule has 3 aromatic rings. The Morgan fingerprint density at radius 3 is 2.62 bits per heavy atom. The van der Waals surface area contributed by atoms with Crippen LogP contribution in [0.3, 0.4) is 0 Å². The average Bonchev–Trinajstić information content (AvgIpc) is 2.54. The second kappa shape index (κ2) is 6.49. The normalized spacial score (nSPS) is 11.7. The van der Waals surface area contributed by atoms with Crippen molar-refractivity contribution in [3.63, 3.8) is 0 Å². The third kappa shape index (κ3) is 3.10. The largest absolute Gasteiger partial charge is 0.254 e. The molecule has 2 nitrogen and oxygen atoms in total. The van der Waals surface area contributed by atoms with Crippen LogP contribution in [-0.2, 0) is 0 Å². The van der Waals surface area contributed by atoms with E-state index in [0.29, 0.717) is 0 Å². The van der Waals surface area contributed by atoms with Crippen LogP contribution in [0.2, 0.25) is 0 Å². The van der Waals surface area contributed by atoms with Crippen molar-refractivity contribution in [2.45, 2.75) is 32.6 Å². The van der Waals surface area contributed by atoms with E-state index in [-0.39, 0.29) is 0 Å². The highest BCUT2D eigenvalue weighted by Gasteiger charge is 2.02. The molecule has 0 atom stereocenters. The van der Waals surface area contributed by atoms with Crippen LogP contribution >= 0.6 is 0 Å². The minimum atomic E-state index is 0.983. The Bertz CT molecular complexity index is 775. The number of hydrogen-bond donors (Lipinski definition) is 0. The highest BCUT2D eigenvalue weighted by molar-refractivity contribution is 6.02. The smallest absolute Gasteiger partial charge is 0.0971 e. The molecule has 0 amide bonds. The second-order valence-corrected chi connectivity index (χ2v) is 5.35. The molecule has 2 heteroatoms. The minimum absolute atomic E-state index is 0.983. The first-order valence-electron chi connectivity index (χ1n) is 7.69. The predicted octanol–water partition coefficient (Wildman–Crippen LogP) is 5.38. The summed E-state index contributed by atoms with van der Waals surface area (Å²) >= 11 is 0. The van der Waals surface area contributed by atoms with E-state index in [4.69, 9.17) is 4.98 Å². The quantitative estimate of drug-likeness (QED) is 0.462. The summed E-state index contributed by atoms with van der Waals surface area (Å²) < 4.78 is 0. The molecule has 21 heavy (non-hydrogen) atoms. The lowest BCUT2D eigenvalue weighted by Crippen LogP contribution is -1.87. The van der Waals surface area contributed by atoms with Gasteiger partial charge < -0.3 is 0 Å². The number of unbranched alkanes of at least 4 members (excludes halogenated alkanes) is 3. The van der Waals surface area contributed by atoms with Gasteiger partial charge in [0.05, 0.1) is 16.7 Å². The first-order chi connectivity index (χ1) is 10.4. The predicted molar refractivity (Wildman–Crippen MR) is 90.2 cm³/mol. The van der Waals surface area contributed by atoms with Crippen molar-refractivity contribution < 1.29 is 0 Å². The number of rotatable bonds is 5. The van der Waals surface area contributed by atoms with E-state index in [1.807, 2.05) is 12.3 Å². The van der Waals surface area contributed by atoms with Crippen molar-refractivity contribution in [2.75, 3.05) is 0 Å². The number of aromatic nitrogens is 2. The monoisotopic (exact) mass is 276 g/mol. The Labute approximate surface area is 125 Å². The van der Waals surface area contributed by atoms with Gasteiger partial charge in [0.2, 0.25) is 0 Å². The fraction of sp³-hybridized carbons (Fsp3) is 0.263. The van der Waals surface area contributed by atoms with E-state index >= 15 is 0 Å². The number of allylic oxidation sites excluding steroid dienone is 1. The van der Waals surface area contributed by atoms with Crippen LogP contribution in [0.15, 0.2) is 48.7 Å².